The summed E-state index contributed by atoms with van der Waals surface area (Å²) in [5.74, 6) is -7.47. The first-order valence-corrected chi connectivity index (χ1v) is 11.9. The molecule has 4 nitrogen and oxygen atoms in total. The van der Waals surface area contributed by atoms with Gasteiger partial charge in [-0.2, -0.15) is 26.3 Å². The summed E-state index contributed by atoms with van der Waals surface area (Å²) in [6.45, 7) is 0. The average Bonchev–Trinajstić information content (AvgIpc) is 3.34. The van der Waals surface area contributed by atoms with Crippen LogP contribution in [0.4, 0.5) is 40.8 Å². The number of nitrogens with one attached hydrogen (secondary N) is 2. The van der Waals surface area contributed by atoms with Crippen molar-refractivity contribution in [3.05, 3.63) is 63.7 Å². The average molecular weight is 610 g/mol. The van der Waals surface area contributed by atoms with E-state index < -0.39 is 81.8 Å². The van der Waals surface area contributed by atoms with Crippen LogP contribution in [0.5, 0.6) is 0 Å². The molecule has 0 aromatic heterocycles. The molecule has 2 aliphatic carbocycles. The van der Waals surface area contributed by atoms with Gasteiger partial charge in [0.15, 0.2) is 0 Å². The second kappa shape index (κ2) is 9.41. The van der Waals surface area contributed by atoms with Crippen LogP contribution >= 0.6 is 34.8 Å². The molecule has 15 heteroatoms. The second-order valence-electron chi connectivity index (χ2n) is 9.09. The molecule has 2 N–H and O–H groups in total. The Bertz CT molecular complexity index is 1260. The molecule has 4 rings (SSSR count). The quantitative estimate of drug-likeness (QED) is 0.274. The third-order valence-corrected chi connectivity index (χ3v) is 7.48. The molecule has 2 fully saturated rings. The highest BCUT2D eigenvalue weighted by atomic mass is 35.5. The predicted octanol–water partition coefficient (Wildman–Crippen LogP) is 7.43. The molecule has 2 aromatic carbocycles. The zero-order valence-electron chi connectivity index (χ0n) is 18.6. The number of amides is 2. The lowest BCUT2D eigenvalue weighted by atomic mass is 9.88. The fourth-order valence-electron chi connectivity index (χ4n) is 4.25. The fourth-order valence-corrected chi connectivity index (χ4v) is 5.28. The van der Waals surface area contributed by atoms with Gasteiger partial charge >= 0.3 is 12.4 Å². The number of carbonyl (C=O) groups is 2. The van der Waals surface area contributed by atoms with Gasteiger partial charge < -0.3 is 10.6 Å². The Morgan fingerprint density at radius 1 is 0.895 bits per heavy atom. The number of alkyl halides is 10. The molecule has 2 aliphatic rings. The topological polar surface area (TPSA) is 58.2 Å². The van der Waals surface area contributed by atoms with Crippen molar-refractivity contribution in [2.24, 2.45) is 5.92 Å². The smallest absolute Gasteiger partial charge is 0.349 e. The number of halogens is 11. The molecule has 38 heavy (non-hydrogen) atoms. The highest BCUT2D eigenvalue weighted by Crippen LogP contribution is 2.65. The van der Waals surface area contributed by atoms with E-state index in [9.17, 15) is 44.7 Å². The zero-order valence-corrected chi connectivity index (χ0v) is 20.9. The largest absolute Gasteiger partial charge is 0.416 e. The highest BCUT2D eigenvalue weighted by Gasteiger charge is 2.68. The first-order valence-electron chi connectivity index (χ1n) is 10.8. The summed E-state index contributed by atoms with van der Waals surface area (Å²) in [4.78, 5) is 25.3. The van der Waals surface area contributed by atoms with Crippen LogP contribution in [0.2, 0.25) is 5.02 Å². The maximum Gasteiger partial charge on any atom is 0.416 e. The van der Waals surface area contributed by atoms with Gasteiger partial charge in [0.05, 0.1) is 27.6 Å². The van der Waals surface area contributed by atoms with Crippen molar-refractivity contribution < 1.29 is 44.7 Å². The Labute approximate surface area is 224 Å². The van der Waals surface area contributed by atoms with E-state index in [4.69, 9.17) is 34.8 Å². The van der Waals surface area contributed by atoms with Crippen LogP contribution in [0.15, 0.2) is 36.4 Å². The summed E-state index contributed by atoms with van der Waals surface area (Å²) in [6, 6.07) is 3.67. The van der Waals surface area contributed by atoms with E-state index in [-0.39, 0.29) is 22.3 Å². The van der Waals surface area contributed by atoms with Crippen LogP contribution in [-0.4, -0.2) is 28.1 Å². The molecule has 0 heterocycles. The van der Waals surface area contributed by atoms with Crippen molar-refractivity contribution in [2.75, 3.05) is 5.32 Å². The minimum atomic E-state index is -5.11. The first-order chi connectivity index (χ1) is 17.3. The lowest BCUT2D eigenvalue weighted by Crippen LogP contribution is -2.50. The van der Waals surface area contributed by atoms with Gasteiger partial charge in [0, 0.05) is 30.5 Å². The van der Waals surface area contributed by atoms with E-state index in [0.29, 0.717) is 12.1 Å². The summed E-state index contributed by atoms with van der Waals surface area (Å²) < 4.78 is 103. The minimum absolute atomic E-state index is 0.0294. The number of hydrogen-bond acceptors (Lipinski definition) is 2. The second-order valence-corrected chi connectivity index (χ2v) is 10.9. The number of rotatable bonds is 5. The van der Waals surface area contributed by atoms with Crippen LogP contribution in [0.1, 0.15) is 45.8 Å². The normalized spacial score (nSPS) is 22.4. The maximum atomic E-state index is 13.2. The predicted molar refractivity (Wildman–Crippen MR) is 123 cm³/mol. The van der Waals surface area contributed by atoms with Crippen LogP contribution in [0, 0.1) is 5.92 Å². The molecule has 2 aromatic rings. The van der Waals surface area contributed by atoms with Gasteiger partial charge in [-0.05, 0) is 42.0 Å². The lowest BCUT2D eigenvalue weighted by molar-refractivity contribution is -0.143. The van der Waals surface area contributed by atoms with Crippen LogP contribution < -0.4 is 10.6 Å². The maximum absolute atomic E-state index is 13.2. The highest BCUT2D eigenvalue weighted by molar-refractivity contribution is 6.53. The number of benzene rings is 2. The van der Waals surface area contributed by atoms with E-state index in [1.807, 2.05) is 0 Å². The lowest BCUT2D eigenvalue weighted by Gasteiger charge is -2.35. The molecule has 0 spiro atoms. The van der Waals surface area contributed by atoms with Gasteiger partial charge in [-0.1, -0.05) is 11.6 Å². The third-order valence-electron chi connectivity index (χ3n) is 6.21. The van der Waals surface area contributed by atoms with Gasteiger partial charge in [-0.25, -0.2) is 8.78 Å². The standard InChI is InChI=1S/C23H15Cl3F8N2O2/c24-15-2-1-12(6-14(15)18(37)36-13-7-20(27,28)8-13)35-19(38)17-16(21(17,25)26)9-3-10(22(29,30)31)5-11(4-9)23(32,33)34/h1-6,13,16-17H,7-8H2,(H,35,38)(H,36,37)/t16-,17+/m1/s1. The summed E-state index contributed by atoms with van der Waals surface area (Å²) in [5, 5.41) is 4.67. The third kappa shape index (κ3) is 5.81. The van der Waals surface area contributed by atoms with E-state index in [1.165, 1.54) is 12.1 Å². The van der Waals surface area contributed by atoms with Crippen LogP contribution in [-0.2, 0) is 17.1 Å². The van der Waals surface area contributed by atoms with Crippen molar-refractivity contribution in [2.45, 2.75) is 47.4 Å². The van der Waals surface area contributed by atoms with Gasteiger partial charge in [-0.3, -0.25) is 9.59 Å². The summed E-state index contributed by atoms with van der Waals surface area (Å²) >= 11 is 18.2. The Balaban J connectivity index is 1.54. The Morgan fingerprint density at radius 3 is 1.95 bits per heavy atom. The van der Waals surface area contributed by atoms with Crippen molar-refractivity contribution in [3.8, 4) is 0 Å². The number of carbonyl (C=O) groups excluding carboxylic acids is 2. The zero-order chi connectivity index (χ0) is 28.4. The van der Waals surface area contributed by atoms with E-state index in [0.717, 1.165) is 6.07 Å². The van der Waals surface area contributed by atoms with Crippen molar-refractivity contribution in [1.82, 2.24) is 5.32 Å². The van der Waals surface area contributed by atoms with Crippen molar-refractivity contribution in [1.29, 1.82) is 0 Å². The number of hydrogen-bond donors (Lipinski definition) is 2. The van der Waals surface area contributed by atoms with E-state index >= 15 is 0 Å². The fraction of sp³-hybridized carbons (Fsp3) is 0.391. The van der Waals surface area contributed by atoms with Gasteiger partial charge in [0.25, 0.3) is 11.8 Å². The van der Waals surface area contributed by atoms with Crippen LogP contribution in [0.3, 0.4) is 0 Å². The molecular weight excluding hydrogens is 595 g/mol. The molecule has 2 atom stereocenters. The SMILES string of the molecule is O=C(NC1CC(F)(F)C1)c1cc(NC(=O)[C@@H]2[C@@H](c3cc(C(F)(F)F)cc(C(F)(F)F)c3)C2(Cl)Cl)ccc1Cl. The summed E-state index contributed by atoms with van der Waals surface area (Å²) in [5.41, 5.74) is -3.91. The van der Waals surface area contributed by atoms with Crippen LogP contribution in [0.25, 0.3) is 0 Å². The summed E-state index contributed by atoms with van der Waals surface area (Å²) in [7, 11) is 0. The molecule has 2 saturated carbocycles. The minimum Gasteiger partial charge on any atom is -0.349 e. The molecule has 0 radical (unpaired) electrons. The van der Waals surface area contributed by atoms with Gasteiger partial charge in [0.1, 0.15) is 4.33 Å². The first kappa shape index (κ1) is 28.7. The van der Waals surface area contributed by atoms with Crippen molar-refractivity contribution >= 4 is 52.3 Å². The Hall–Kier alpha value is -2.31. The summed E-state index contributed by atoms with van der Waals surface area (Å²) in [6.07, 6.45) is -11.3. The Kier molecular flexibility index (Phi) is 7.10. The molecule has 0 aliphatic heterocycles. The van der Waals surface area contributed by atoms with Crippen molar-refractivity contribution in [3.63, 3.8) is 0 Å². The molecule has 0 saturated heterocycles. The van der Waals surface area contributed by atoms with Gasteiger partial charge in [-0.15, -0.1) is 23.2 Å². The van der Waals surface area contributed by atoms with E-state index in [2.05, 4.69) is 10.6 Å². The van der Waals surface area contributed by atoms with E-state index in [1.54, 1.807) is 0 Å². The molecule has 206 valence electrons. The molecule has 0 unspecified atom stereocenters. The van der Waals surface area contributed by atoms with Gasteiger partial charge in [0.2, 0.25) is 5.91 Å². The number of anilines is 1. The molecule has 2 amide bonds. The molecule has 0 bridgehead atoms. The Morgan fingerprint density at radius 2 is 1.45 bits per heavy atom. The molecular formula is C23H15Cl3F8N2O2. The monoisotopic (exact) mass is 608 g/mol.